The zero-order valence-electron chi connectivity index (χ0n) is 18.7. The van der Waals surface area contributed by atoms with E-state index in [1.165, 1.54) is 18.2 Å². The highest BCUT2D eigenvalue weighted by atomic mass is 32.2. The van der Waals surface area contributed by atoms with E-state index in [0.29, 0.717) is 11.4 Å². The highest BCUT2D eigenvalue weighted by Gasteiger charge is 2.35. The minimum Gasteiger partial charge on any atom is -0.486 e. The van der Waals surface area contributed by atoms with Gasteiger partial charge in [-0.3, -0.25) is 9.10 Å². The zero-order chi connectivity index (χ0) is 25.7. The average Bonchev–Trinajstić information content (AvgIpc) is 2.86. The number of aromatic nitrogens is 2. The van der Waals surface area contributed by atoms with Gasteiger partial charge in [0.25, 0.3) is 10.0 Å². The molecule has 0 aliphatic carbocycles. The van der Waals surface area contributed by atoms with Crippen molar-refractivity contribution in [3.8, 4) is 11.5 Å². The fourth-order valence-corrected chi connectivity index (χ4v) is 5.13. The van der Waals surface area contributed by atoms with E-state index in [0.717, 1.165) is 10.4 Å². The molecular weight excluding hydrogens is 496 g/mol. The Morgan fingerprint density at radius 3 is 2.67 bits per heavy atom. The first-order valence-corrected chi connectivity index (χ1v) is 12.2. The van der Waals surface area contributed by atoms with Crippen molar-refractivity contribution in [3.05, 3.63) is 72.3 Å². The summed E-state index contributed by atoms with van der Waals surface area (Å²) in [7, 11) is -4.26. The second kappa shape index (κ2) is 10.7. The highest BCUT2D eigenvalue weighted by Crippen LogP contribution is 2.39. The normalized spacial score (nSPS) is 15.5. The summed E-state index contributed by atoms with van der Waals surface area (Å²) in [6.07, 6.45) is 5.66. The van der Waals surface area contributed by atoms with Gasteiger partial charge in [0, 0.05) is 24.9 Å². The molecule has 3 aromatic rings. The van der Waals surface area contributed by atoms with Crippen molar-refractivity contribution < 1.29 is 36.6 Å². The van der Waals surface area contributed by atoms with Gasteiger partial charge in [0.1, 0.15) is 17.6 Å². The van der Waals surface area contributed by atoms with Crippen LogP contribution < -0.4 is 13.8 Å². The number of halogens is 2. The van der Waals surface area contributed by atoms with Crippen LogP contribution in [0.3, 0.4) is 0 Å². The first-order valence-electron chi connectivity index (χ1n) is 10.8. The first kappa shape index (κ1) is 25.0. The molecule has 1 N–H and O–H groups in total. The Morgan fingerprint density at radius 2 is 1.94 bits per heavy atom. The Hall–Kier alpha value is -4.06. The minimum absolute atomic E-state index is 0.0718. The first-order chi connectivity index (χ1) is 17.2. The summed E-state index contributed by atoms with van der Waals surface area (Å²) in [4.78, 5) is 19.0. The van der Waals surface area contributed by atoms with Gasteiger partial charge in [-0.25, -0.2) is 18.4 Å². The maximum Gasteiger partial charge on any atom is 0.387 e. The molecule has 0 saturated heterocycles. The number of carboxylic acids is 1. The minimum atomic E-state index is -4.26. The van der Waals surface area contributed by atoms with Crippen LogP contribution >= 0.6 is 0 Å². The van der Waals surface area contributed by atoms with Gasteiger partial charge in [-0.2, -0.15) is 8.78 Å². The summed E-state index contributed by atoms with van der Waals surface area (Å²) in [6.45, 7) is -3.28. The van der Waals surface area contributed by atoms with Crippen molar-refractivity contribution in [1.82, 2.24) is 9.97 Å². The summed E-state index contributed by atoms with van der Waals surface area (Å²) in [6, 6.07) is 11.4. The number of benzene rings is 2. The summed E-state index contributed by atoms with van der Waals surface area (Å²) >= 11 is 0. The molecule has 36 heavy (non-hydrogen) atoms. The van der Waals surface area contributed by atoms with E-state index in [1.54, 1.807) is 48.8 Å². The number of carboxylic acid groups (broad SMARTS) is 1. The Labute approximate surface area is 205 Å². The largest absolute Gasteiger partial charge is 0.486 e. The third-order valence-electron chi connectivity index (χ3n) is 5.22. The number of sulfonamides is 1. The third kappa shape index (κ3) is 5.95. The molecule has 4 rings (SSSR count). The summed E-state index contributed by atoms with van der Waals surface area (Å²) in [5.74, 6) is -0.644. The second-order valence-electron chi connectivity index (χ2n) is 7.73. The number of carbonyl (C=O) groups is 1. The van der Waals surface area contributed by atoms with Crippen molar-refractivity contribution in [2.75, 3.05) is 10.8 Å². The number of aliphatic carboxylic acids is 1. The quantitative estimate of drug-likeness (QED) is 0.451. The van der Waals surface area contributed by atoms with Crippen molar-refractivity contribution in [2.24, 2.45) is 0 Å². The SMILES string of the molecule is O=C(O)CCC1CN(S(=O)(=O)c2cccc(OC(F)F)c2)c2cc(C=Cc3ncccn3)ccc2O1. The van der Waals surface area contributed by atoms with Crippen LogP contribution in [0.4, 0.5) is 14.5 Å². The van der Waals surface area contributed by atoms with Crippen molar-refractivity contribution in [2.45, 2.75) is 30.5 Å². The molecule has 0 spiro atoms. The van der Waals surface area contributed by atoms with E-state index < -0.39 is 28.7 Å². The lowest BCUT2D eigenvalue weighted by Gasteiger charge is -2.35. The molecule has 9 nitrogen and oxygen atoms in total. The fourth-order valence-electron chi connectivity index (χ4n) is 3.60. The Kier molecular flexibility index (Phi) is 7.44. The molecule has 188 valence electrons. The molecule has 0 radical (unpaired) electrons. The van der Waals surface area contributed by atoms with Crippen molar-refractivity contribution >= 4 is 33.8 Å². The molecule has 12 heteroatoms. The number of rotatable bonds is 9. The number of alkyl halides is 2. The molecule has 0 amide bonds. The smallest absolute Gasteiger partial charge is 0.387 e. The molecule has 1 atom stereocenters. The summed E-state index contributed by atoms with van der Waals surface area (Å²) in [5.41, 5.74) is 0.849. The van der Waals surface area contributed by atoms with Crippen LogP contribution in [0.2, 0.25) is 0 Å². The standard InChI is InChI=1S/C24H21F2N3O6S/c25-24(26)35-17-3-1-4-19(14-17)36(32,33)29-15-18(7-10-23(30)31)34-21-8-5-16(13-20(21)29)6-9-22-27-11-2-12-28-22/h1-6,8-9,11-14,18,24H,7,10,15H2,(H,30,31). The molecule has 0 saturated carbocycles. The van der Waals surface area contributed by atoms with Crippen LogP contribution in [0, 0.1) is 0 Å². The maximum atomic E-state index is 13.6. The van der Waals surface area contributed by atoms with E-state index in [-0.39, 0.29) is 41.5 Å². The number of hydrogen-bond acceptors (Lipinski definition) is 7. The van der Waals surface area contributed by atoms with E-state index in [1.807, 2.05) is 0 Å². The Balaban J connectivity index is 1.72. The molecule has 0 bridgehead atoms. The topological polar surface area (TPSA) is 119 Å². The predicted octanol–water partition coefficient (Wildman–Crippen LogP) is 4.07. The molecule has 1 unspecified atom stereocenters. The van der Waals surface area contributed by atoms with E-state index in [2.05, 4.69) is 14.7 Å². The number of anilines is 1. The summed E-state index contributed by atoms with van der Waals surface area (Å²) < 4.78 is 64.0. The number of hydrogen-bond donors (Lipinski definition) is 1. The van der Waals surface area contributed by atoms with E-state index in [4.69, 9.17) is 9.84 Å². The lowest BCUT2D eigenvalue weighted by molar-refractivity contribution is -0.137. The monoisotopic (exact) mass is 517 g/mol. The van der Waals surface area contributed by atoms with Crippen molar-refractivity contribution in [3.63, 3.8) is 0 Å². The molecule has 1 aromatic heterocycles. The maximum absolute atomic E-state index is 13.6. The summed E-state index contributed by atoms with van der Waals surface area (Å²) in [5, 5.41) is 9.05. The van der Waals surface area contributed by atoms with Gasteiger partial charge in [-0.15, -0.1) is 0 Å². The van der Waals surface area contributed by atoms with Gasteiger partial charge in [0.2, 0.25) is 0 Å². The van der Waals surface area contributed by atoms with Crippen LogP contribution in [0.25, 0.3) is 12.2 Å². The molecule has 0 fully saturated rings. The van der Waals surface area contributed by atoms with Gasteiger partial charge in [-0.1, -0.05) is 18.2 Å². The van der Waals surface area contributed by atoms with Crippen LogP contribution in [-0.2, 0) is 14.8 Å². The zero-order valence-corrected chi connectivity index (χ0v) is 19.5. The van der Waals surface area contributed by atoms with Crippen LogP contribution in [-0.4, -0.2) is 48.7 Å². The number of ether oxygens (including phenoxy) is 2. The molecule has 2 aromatic carbocycles. The molecule has 1 aliphatic rings. The van der Waals surface area contributed by atoms with Gasteiger partial charge in [0.15, 0.2) is 5.82 Å². The van der Waals surface area contributed by atoms with Crippen LogP contribution in [0.15, 0.2) is 65.8 Å². The molecule has 2 heterocycles. The third-order valence-corrected chi connectivity index (χ3v) is 7.00. The van der Waals surface area contributed by atoms with Gasteiger partial charge in [-0.05, 0) is 48.4 Å². The van der Waals surface area contributed by atoms with Gasteiger partial charge >= 0.3 is 12.6 Å². The lowest BCUT2D eigenvalue weighted by atomic mass is 10.1. The molecular formula is C24H21F2N3O6S. The van der Waals surface area contributed by atoms with E-state index in [9.17, 15) is 22.0 Å². The second-order valence-corrected chi connectivity index (χ2v) is 9.59. The average molecular weight is 518 g/mol. The van der Waals surface area contributed by atoms with Gasteiger partial charge in [0.05, 0.1) is 17.1 Å². The van der Waals surface area contributed by atoms with Gasteiger partial charge < -0.3 is 14.6 Å². The fraction of sp³-hybridized carbons (Fsp3) is 0.208. The lowest BCUT2D eigenvalue weighted by Crippen LogP contribution is -2.43. The highest BCUT2D eigenvalue weighted by molar-refractivity contribution is 7.92. The Morgan fingerprint density at radius 1 is 1.17 bits per heavy atom. The predicted molar refractivity (Wildman–Crippen MR) is 126 cm³/mol. The molecule has 1 aliphatic heterocycles. The number of fused-ring (bicyclic) bond motifs is 1. The Bertz CT molecular complexity index is 1370. The van der Waals surface area contributed by atoms with E-state index >= 15 is 0 Å². The van der Waals surface area contributed by atoms with Crippen molar-refractivity contribution in [1.29, 1.82) is 0 Å². The number of nitrogens with zero attached hydrogens (tertiary/aromatic N) is 3. The van der Waals surface area contributed by atoms with Crippen LogP contribution in [0.5, 0.6) is 11.5 Å². The van der Waals surface area contributed by atoms with Crippen LogP contribution in [0.1, 0.15) is 24.2 Å².